The van der Waals surface area contributed by atoms with Gasteiger partial charge in [-0.3, -0.25) is 0 Å². The third-order valence-corrected chi connectivity index (χ3v) is 2.69. The van der Waals surface area contributed by atoms with E-state index in [0.717, 1.165) is 19.4 Å². The normalized spacial score (nSPS) is 22.7. The molecule has 0 aromatic carbocycles. The largest absolute Gasteiger partial charge is 0.376 e. The maximum Gasteiger partial charge on any atom is 0.222 e. The van der Waals surface area contributed by atoms with Gasteiger partial charge in [0.05, 0.1) is 29.6 Å². The van der Waals surface area contributed by atoms with E-state index >= 15 is 0 Å². The highest BCUT2D eigenvalue weighted by Crippen LogP contribution is 2.17. The SMILES string of the molecule is CC(Nc1ncc(Cl)cn1)C1CCCO1. The molecular weight excluding hydrogens is 214 g/mol. The van der Waals surface area contributed by atoms with Crippen LogP contribution in [0, 0.1) is 0 Å². The van der Waals surface area contributed by atoms with E-state index in [1.54, 1.807) is 12.4 Å². The molecule has 0 radical (unpaired) electrons. The molecule has 2 rings (SSSR count). The second-order valence-electron chi connectivity index (χ2n) is 3.71. The van der Waals surface area contributed by atoms with E-state index in [9.17, 15) is 0 Å². The summed E-state index contributed by atoms with van der Waals surface area (Å²) in [4.78, 5) is 8.16. The number of hydrogen-bond acceptors (Lipinski definition) is 4. The van der Waals surface area contributed by atoms with Crippen LogP contribution in [0.4, 0.5) is 5.95 Å². The number of hydrogen-bond donors (Lipinski definition) is 1. The molecule has 0 amide bonds. The summed E-state index contributed by atoms with van der Waals surface area (Å²) >= 11 is 5.70. The van der Waals surface area contributed by atoms with E-state index < -0.39 is 0 Å². The van der Waals surface area contributed by atoms with Gasteiger partial charge in [0, 0.05) is 6.61 Å². The molecule has 5 heteroatoms. The molecule has 4 nitrogen and oxygen atoms in total. The van der Waals surface area contributed by atoms with Gasteiger partial charge in [0.15, 0.2) is 0 Å². The minimum absolute atomic E-state index is 0.230. The van der Waals surface area contributed by atoms with Gasteiger partial charge in [-0.2, -0.15) is 0 Å². The molecule has 82 valence electrons. The Morgan fingerprint density at radius 1 is 1.53 bits per heavy atom. The maximum absolute atomic E-state index is 5.70. The van der Waals surface area contributed by atoms with E-state index in [-0.39, 0.29) is 12.1 Å². The van der Waals surface area contributed by atoms with Gasteiger partial charge in [-0.15, -0.1) is 0 Å². The number of halogens is 1. The molecule has 0 bridgehead atoms. The third-order valence-electron chi connectivity index (χ3n) is 2.50. The molecule has 15 heavy (non-hydrogen) atoms. The minimum atomic E-state index is 0.230. The summed E-state index contributed by atoms with van der Waals surface area (Å²) in [6, 6.07) is 0.230. The summed E-state index contributed by atoms with van der Waals surface area (Å²) in [5, 5.41) is 3.75. The zero-order chi connectivity index (χ0) is 10.7. The first-order chi connectivity index (χ1) is 7.25. The number of rotatable bonds is 3. The van der Waals surface area contributed by atoms with Crippen molar-refractivity contribution in [3.8, 4) is 0 Å². The molecule has 1 saturated heterocycles. The highest BCUT2D eigenvalue weighted by molar-refractivity contribution is 6.30. The second kappa shape index (κ2) is 4.77. The van der Waals surface area contributed by atoms with Gasteiger partial charge in [-0.25, -0.2) is 9.97 Å². The van der Waals surface area contributed by atoms with Crippen LogP contribution in [0.3, 0.4) is 0 Å². The van der Waals surface area contributed by atoms with Crippen molar-refractivity contribution in [3.63, 3.8) is 0 Å². The fourth-order valence-electron chi connectivity index (χ4n) is 1.68. The van der Waals surface area contributed by atoms with Gasteiger partial charge in [-0.05, 0) is 19.8 Å². The Bertz CT molecular complexity index is 311. The van der Waals surface area contributed by atoms with Crippen LogP contribution in [-0.4, -0.2) is 28.7 Å². The van der Waals surface area contributed by atoms with Crippen LogP contribution in [0.15, 0.2) is 12.4 Å². The average Bonchev–Trinajstić information content (AvgIpc) is 2.74. The number of ether oxygens (including phenoxy) is 1. The van der Waals surface area contributed by atoms with Crippen molar-refractivity contribution in [2.45, 2.75) is 31.9 Å². The van der Waals surface area contributed by atoms with E-state index in [1.165, 1.54) is 0 Å². The van der Waals surface area contributed by atoms with Gasteiger partial charge in [0.2, 0.25) is 5.95 Å². The smallest absolute Gasteiger partial charge is 0.222 e. The van der Waals surface area contributed by atoms with Gasteiger partial charge in [0.25, 0.3) is 0 Å². The van der Waals surface area contributed by atoms with Crippen molar-refractivity contribution in [2.24, 2.45) is 0 Å². The number of nitrogens with one attached hydrogen (secondary N) is 1. The molecule has 2 unspecified atom stereocenters. The predicted molar refractivity (Wildman–Crippen MR) is 59.1 cm³/mol. The molecule has 0 aliphatic carbocycles. The Hall–Kier alpha value is -0.870. The molecule has 1 aliphatic rings. The topological polar surface area (TPSA) is 47.0 Å². The Labute approximate surface area is 94.0 Å². The highest BCUT2D eigenvalue weighted by atomic mass is 35.5. The average molecular weight is 228 g/mol. The van der Waals surface area contributed by atoms with Crippen LogP contribution in [0.1, 0.15) is 19.8 Å². The summed E-state index contributed by atoms with van der Waals surface area (Å²) in [5.74, 6) is 0.599. The Morgan fingerprint density at radius 2 is 2.27 bits per heavy atom. The molecule has 1 aromatic rings. The lowest BCUT2D eigenvalue weighted by atomic mass is 10.1. The summed E-state index contributed by atoms with van der Waals surface area (Å²) in [6.07, 6.45) is 5.67. The van der Waals surface area contributed by atoms with Crippen molar-refractivity contribution in [1.29, 1.82) is 0 Å². The van der Waals surface area contributed by atoms with E-state index in [0.29, 0.717) is 11.0 Å². The molecule has 2 atom stereocenters. The molecule has 1 N–H and O–H groups in total. The molecule has 1 aromatic heterocycles. The quantitative estimate of drug-likeness (QED) is 0.859. The predicted octanol–water partition coefficient (Wildman–Crippen LogP) is 2.11. The van der Waals surface area contributed by atoms with E-state index in [2.05, 4.69) is 22.2 Å². The zero-order valence-electron chi connectivity index (χ0n) is 8.61. The summed E-state index contributed by atoms with van der Waals surface area (Å²) in [7, 11) is 0. The van der Waals surface area contributed by atoms with Crippen molar-refractivity contribution in [1.82, 2.24) is 9.97 Å². The van der Waals surface area contributed by atoms with Crippen LogP contribution in [-0.2, 0) is 4.74 Å². The number of aromatic nitrogens is 2. The van der Waals surface area contributed by atoms with Crippen LogP contribution < -0.4 is 5.32 Å². The Balaban J connectivity index is 1.92. The fourth-order valence-corrected chi connectivity index (χ4v) is 1.78. The summed E-state index contributed by atoms with van der Waals surface area (Å²) in [6.45, 7) is 2.94. The number of anilines is 1. The van der Waals surface area contributed by atoms with Crippen LogP contribution in [0.2, 0.25) is 5.02 Å². The van der Waals surface area contributed by atoms with Gasteiger partial charge >= 0.3 is 0 Å². The molecule has 0 spiro atoms. The molecule has 2 heterocycles. The van der Waals surface area contributed by atoms with Crippen molar-refractivity contribution in [3.05, 3.63) is 17.4 Å². The van der Waals surface area contributed by atoms with Gasteiger partial charge < -0.3 is 10.1 Å². The van der Waals surface area contributed by atoms with Crippen molar-refractivity contribution in [2.75, 3.05) is 11.9 Å². The first kappa shape index (κ1) is 10.6. The van der Waals surface area contributed by atoms with Crippen molar-refractivity contribution >= 4 is 17.5 Å². The monoisotopic (exact) mass is 227 g/mol. The standard InChI is InChI=1S/C10H14ClN3O/c1-7(9-3-2-4-15-9)14-10-12-5-8(11)6-13-10/h5-7,9H,2-4H2,1H3,(H,12,13,14). The lowest BCUT2D eigenvalue weighted by Gasteiger charge is -2.19. The van der Waals surface area contributed by atoms with E-state index in [1.807, 2.05) is 0 Å². The Morgan fingerprint density at radius 3 is 2.87 bits per heavy atom. The molecule has 1 aliphatic heterocycles. The van der Waals surface area contributed by atoms with Gasteiger partial charge in [0.1, 0.15) is 0 Å². The first-order valence-electron chi connectivity index (χ1n) is 5.11. The molecule has 0 saturated carbocycles. The lowest BCUT2D eigenvalue weighted by molar-refractivity contribution is 0.0994. The zero-order valence-corrected chi connectivity index (χ0v) is 9.37. The molecule has 1 fully saturated rings. The van der Waals surface area contributed by atoms with Crippen LogP contribution in [0.25, 0.3) is 0 Å². The minimum Gasteiger partial charge on any atom is -0.376 e. The van der Waals surface area contributed by atoms with Crippen molar-refractivity contribution < 1.29 is 4.74 Å². The second-order valence-corrected chi connectivity index (χ2v) is 4.15. The van der Waals surface area contributed by atoms with E-state index in [4.69, 9.17) is 16.3 Å². The lowest BCUT2D eigenvalue weighted by Crippen LogP contribution is -2.30. The summed E-state index contributed by atoms with van der Waals surface area (Å²) < 4.78 is 5.57. The third kappa shape index (κ3) is 2.79. The van der Waals surface area contributed by atoms with Crippen LogP contribution in [0.5, 0.6) is 0 Å². The molecular formula is C10H14ClN3O. The van der Waals surface area contributed by atoms with Crippen LogP contribution >= 0.6 is 11.6 Å². The maximum atomic E-state index is 5.70. The van der Waals surface area contributed by atoms with Gasteiger partial charge in [-0.1, -0.05) is 11.6 Å². The number of nitrogens with zero attached hydrogens (tertiary/aromatic N) is 2. The fraction of sp³-hybridized carbons (Fsp3) is 0.600. The first-order valence-corrected chi connectivity index (χ1v) is 5.49. The Kier molecular flexibility index (Phi) is 3.38. The highest BCUT2D eigenvalue weighted by Gasteiger charge is 2.22. The summed E-state index contributed by atoms with van der Waals surface area (Å²) in [5.41, 5.74) is 0.